The molecule has 0 bridgehead atoms. The van der Waals surface area contributed by atoms with Crippen LogP contribution in [0.3, 0.4) is 0 Å². The number of nitrogens with zero attached hydrogens (tertiary/aromatic N) is 2. The zero-order chi connectivity index (χ0) is 17.9. The van der Waals surface area contributed by atoms with E-state index in [4.69, 9.17) is 10.9 Å². The number of aromatic nitrogens is 2. The monoisotopic (exact) mass is 367 g/mol. The molecule has 0 radical (unpaired) electrons. The smallest absolute Gasteiger partial charge is 0.238 e. The van der Waals surface area contributed by atoms with Crippen molar-refractivity contribution in [3.63, 3.8) is 0 Å². The highest BCUT2D eigenvalue weighted by molar-refractivity contribution is 8.00. The Balaban J connectivity index is 2.09. The first-order chi connectivity index (χ1) is 11.1. The summed E-state index contributed by atoms with van der Waals surface area (Å²) in [5, 5.41) is 7.60. The number of amides is 1. The number of anilines is 2. The quantitative estimate of drug-likeness (QED) is 0.531. The third-order valence-corrected chi connectivity index (χ3v) is 4.81. The number of sulfonamides is 1. The van der Waals surface area contributed by atoms with Gasteiger partial charge in [-0.25, -0.2) is 23.5 Å². The van der Waals surface area contributed by atoms with Gasteiger partial charge in [-0.3, -0.25) is 4.79 Å². The summed E-state index contributed by atoms with van der Waals surface area (Å²) in [6.07, 6.45) is 0. The molecule has 8 nitrogen and oxygen atoms in total. The predicted molar refractivity (Wildman–Crippen MR) is 92.9 cm³/mol. The second-order valence-electron chi connectivity index (χ2n) is 5.04. The number of nitrogen functional groups attached to an aromatic ring is 1. The molecule has 0 aliphatic carbocycles. The van der Waals surface area contributed by atoms with Gasteiger partial charge in [0, 0.05) is 17.4 Å². The van der Waals surface area contributed by atoms with Gasteiger partial charge in [0.2, 0.25) is 15.9 Å². The number of carbonyl (C=O) groups excluding carboxylic acids is 1. The predicted octanol–water partition coefficient (Wildman–Crippen LogP) is 1.13. The first kappa shape index (κ1) is 18.2. The molecule has 0 aliphatic heterocycles. The number of primary sulfonamides is 1. The van der Waals surface area contributed by atoms with E-state index in [2.05, 4.69) is 15.3 Å². The Labute approximate surface area is 144 Å². The fourth-order valence-corrected chi connectivity index (χ4v) is 3.22. The molecule has 0 aliphatic rings. The van der Waals surface area contributed by atoms with Crippen LogP contribution in [0.15, 0.2) is 40.4 Å². The van der Waals surface area contributed by atoms with Gasteiger partial charge in [0.15, 0.2) is 5.16 Å². The standard InChI is InChI=1S/C14H17N5O3S2/c1-8-6-12(15)19-14(17-8)23-9(2)13(20)18-10-4-3-5-11(7-10)24(16,21)22/h3-7,9H,1-2H3,(H,18,20)(H2,15,17,19)(H2,16,21,22)/t9-/m1/s1. The zero-order valence-corrected chi connectivity index (χ0v) is 14.7. The number of nitrogens with two attached hydrogens (primary N) is 2. The van der Waals surface area contributed by atoms with Crippen LogP contribution in [0.5, 0.6) is 0 Å². The maximum Gasteiger partial charge on any atom is 0.238 e. The second kappa shape index (κ2) is 7.16. The van der Waals surface area contributed by atoms with Crippen LogP contribution in [0.2, 0.25) is 0 Å². The number of benzene rings is 1. The lowest BCUT2D eigenvalue weighted by atomic mass is 10.3. The Kier molecular flexibility index (Phi) is 5.42. The molecule has 1 amide bonds. The summed E-state index contributed by atoms with van der Waals surface area (Å²) in [6, 6.07) is 7.36. The number of aryl methyl sites for hydroxylation is 1. The summed E-state index contributed by atoms with van der Waals surface area (Å²) >= 11 is 1.15. The van der Waals surface area contributed by atoms with E-state index in [1.54, 1.807) is 26.0 Å². The highest BCUT2D eigenvalue weighted by atomic mass is 32.2. The lowest BCUT2D eigenvalue weighted by molar-refractivity contribution is -0.115. The molecule has 5 N–H and O–H groups in total. The molecule has 2 rings (SSSR count). The minimum absolute atomic E-state index is 0.0737. The van der Waals surface area contributed by atoms with Crippen LogP contribution in [0, 0.1) is 6.92 Å². The van der Waals surface area contributed by atoms with Gasteiger partial charge in [-0.1, -0.05) is 17.8 Å². The van der Waals surface area contributed by atoms with E-state index in [-0.39, 0.29) is 10.8 Å². The molecule has 128 valence electrons. The molecule has 24 heavy (non-hydrogen) atoms. The van der Waals surface area contributed by atoms with Gasteiger partial charge in [0.1, 0.15) is 5.82 Å². The number of nitrogens with one attached hydrogen (secondary N) is 1. The van der Waals surface area contributed by atoms with Crippen molar-refractivity contribution in [2.75, 3.05) is 11.1 Å². The molecular formula is C14H17N5O3S2. The molecule has 0 spiro atoms. The Morgan fingerprint density at radius 3 is 2.62 bits per heavy atom. The number of hydrogen-bond donors (Lipinski definition) is 3. The lowest BCUT2D eigenvalue weighted by Crippen LogP contribution is -2.23. The molecule has 1 aromatic heterocycles. The molecule has 1 aromatic carbocycles. The zero-order valence-electron chi connectivity index (χ0n) is 13.1. The number of carbonyl (C=O) groups is 1. The van der Waals surface area contributed by atoms with Gasteiger partial charge in [-0.2, -0.15) is 0 Å². The minimum atomic E-state index is -3.83. The van der Waals surface area contributed by atoms with Crippen molar-refractivity contribution in [1.29, 1.82) is 0 Å². The van der Waals surface area contributed by atoms with Gasteiger partial charge in [0.05, 0.1) is 10.1 Å². The summed E-state index contributed by atoms with van der Waals surface area (Å²) < 4.78 is 22.7. The summed E-state index contributed by atoms with van der Waals surface area (Å²) in [4.78, 5) is 20.4. The molecule has 0 saturated heterocycles. The molecule has 0 fully saturated rings. The van der Waals surface area contributed by atoms with Crippen molar-refractivity contribution in [2.45, 2.75) is 29.1 Å². The fraction of sp³-hybridized carbons (Fsp3) is 0.214. The Bertz CT molecular complexity index is 850. The third kappa shape index (κ3) is 4.91. The Morgan fingerprint density at radius 1 is 1.29 bits per heavy atom. The normalized spacial score (nSPS) is 12.6. The van der Waals surface area contributed by atoms with Crippen LogP contribution in [0.1, 0.15) is 12.6 Å². The van der Waals surface area contributed by atoms with Gasteiger partial charge >= 0.3 is 0 Å². The lowest BCUT2D eigenvalue weighted by Gasteiger charge is -2.12. The molecular weight excluding hydrogens is 350 g/mol. The van der Waals surface area contributed by atoms with E-state index in [9.17, 15) is 13.2 Å². The van der Waals surface area contributed by atoms with E-state index in [1.807, 2.05) is 0 Å². The van der Waals surface area contributed by atoms with Crippen LogP contribution in [-0.2, 0) is 14.8 Å². The van der Waals surface area contributed by atoms with Crippen LogP contribution < -0.4 is 16.2 Å². The number of hydrogen-bond acceptors (Lipinski definition) is 7. The molecule has 10 heteroatoms. The maximum atomic E-state index is 12.2. The van der Waals surface area contributed by atoms with Gasteiger partial charge in [-0.05, 0) is 32.0 Å². The average molecular weight is 367 g/mol. The van der Waals surface area contributed by atoms with Gasteiger partial charge in [0.25, 0.3) is 0 Å². The molecule has 0 saturated carbocycles. The molecule has 0 unspecified atom stereocenters. The van der Waals surface area contributed by atoms with Crippen molar-refractivity contribution in [1.82, 2.24) is 9.97 Å². The number of rotatable bonds is 5. The third-order valence-electron chi connectivity index (χ3n) is 2.94. The van der Waals surface area contributed by atoms with Crippen molar-refractivity contribution >= 4 is 39.2 Å². The van der Waals surface area contributed by atoms with Crippen LogP contribution >= 0.6 is 11.8 Å². The Hall–Kier alpha value is -2.17. The van der Waals surface area contributed by atoms with E-state index in [0.29, 0.717) is 22.4 Å². The summed E-state index contributed by atoms with van der Waals surface area (Å²) in [5.74, 6) is 0.00806. The van der Waals surface area contributed by atoms with Crippen molar-refractivity contribution in [3.8, 4) is 0 Å². The highest BCUT2D eigenvalue weighted by Gasteiger charge is 2.17. The Morgan fingerprint density at radius 2 is 2.00 bits per heavy atom. The maximum absolute atomic E-state index is 12.2. The van der Waals surface area contributed by atoms with E-state index in [0.717, 1.165) is 11.8 Å². The topological polar surface area (TPSA) is 141 Å². The summed E-state index contributed by atoms with van der Waals surface area (Å²) in [6.45, 7) is 3.47. The highest BCUT2D eigenvalue weighted by Crippen LogP contribution is 2.22. The summed E-state index contributed by atoms with van der Waals surface area (Å²) in [5.41, 5.74) is 6.70. The van der Waals surface area contributed by atoms with Crippen molar-refractivity contribution in [2.24, 2.45) is 5.14 Å². The summed E-state index contributed by atoms with van der Waals surface area (Å²) in [7, 11) is -3.83. The minimum Gasteiger partial charge on any atom is -0.384 e. The van der Waals surface area contributed by atoms with Crippen LogP contribution in [0.4, 0.5) is 11.5 Å². The SMILES string of the molecule is Cc1cc(N)nc(S[C@H](C)C(=O)Nc2cccc(S(N)(=O)=O)c2)n1. The largest absolute Gasteiger partial charge is 0.384 e. The van der Waals surface area contributed by atoms with Gasteiger partial charge in [-0.15, -0.1) is 0 Å². The molecule has 1 heterocycles. The van der Waals surface area contributed by atoms with Crippen molar-refractivity contribution < 1.29 is 13.2 Å². The second-order valence-corrected chi connectivity index (χ2v) is 7.91. The van der Waals surface area contributed by atoms with Crippen LogP contribution in [0.25, 0.3) is 0 Å². The van der Waals surface area contributed by atoms with E-state index >= 15 is 0 Å². The average Bonchev–Trinajstić information content (AvgIpc) is 2.45. The van der Waals surface area contributed by atoms with Crippen molar-refractivity contribution in [3.05, 3.63) is 36.0 Å². The van der Waals surface area contributed by atoms with E-state index in [1.165, 1.54) is 18.2 Å². The molecule has 2 aromatic rings. The fourth-order valence-electron chi connectivity index (χ4n) is 1.82. The number of thioether (sulfide) groups is 1. The molecule has 1 atom stereocenters. The van der Waals surface area contributed by atoms with Gasteiger partial charge < -0.3 is 11.1 Å². The first-order valence-electron chi connectivity index (χ1n) is 6.86. The van der Waals surface area contributed by atoms with Crippen LogP contribution in [-0.4, -0.2) is 29.5 Å². The van der Waals surface area contributed by atoms with E-state index < -0.39 is 15.3 Å². The first-order valence-corrected chi connectivity index (χ1v) is 9.29.